The van der Waals surface area contributed by atoms with E-state index in [2.05, 4.69) is 24.7 Å². The molecule has 0 aromatic heterocycles. The van der Waals surface area contributed by atoms with E-state index in [0.29, 0.717) is 5.84 Å². The first-order valence-corrected chi connectivity index (χ1v) is 7.38. The quantitative estimate of drug-likeness (QED) is 0.869. The molecule has 0 amide bonds. The van der Waals surface area contributed by atoms with Crippen molar-refractivity contribution in [2.24, 2.45) is 20.0 Å². The van der Waals surface area contributed by atoms with Gasteiger partial charge in [-0.2, -0.15) is 0 Å². The topological polar surface area (TPSA) is 95.6 Å². The van der Waals surface area contributed by atoms with E-state index >= 15 is 0 Å². The van der Waals surface area contributed by atoms with Gasteiger partial charge >= 0.3 is 0 Å². The molecule has 2 heterocycles. The fourth-order valence-electron chi connectivity index (χ4n) is 1.85. The van der Waals surface area contributed by atoms with Gasteiger partial charge in [-0.15, -0.1) is 0 Å². The number of fused-ring (bicyclic) bond motifs is 1. The van der Waals surface area contributed by atoms with Crippen LogP contribution < -0.4 is 4.72 Å². The molecular weight excluding hydrogens is 278 g/mol. The molecule has 1 atom stereocenters. The van der Waals surface area contributed by atoms with Crippen LogP contribution in [0.5, 0.6) is 0 Å². The molecule has 20 heavy (non-hydrogen) atoms. The molecule has 0 bridgehead atoms. The highest BCUT2D eigenvalue weighted by Crippen LogP contribution is 2.13. The second-order valence-electron chi connectivity index (χ2n) is 4.18. The summed E-state index contributed by atoms with van der Waals surface area (Å²) in [5, 5.41) is -0.0732. The van der Waals surface area contributed by atoms with Crippen LogP contribution in [0.1, 0.15) is 5.56 Å². The van der Waals surface area contributed by atoms with Gasteiger partial charge in [-0.25, -0.2) is 28.1 Å². The molecule has 102 valence electrons. The molecule has 7 nitrogen and oxygen atoms in total. The summed E-state index contributed by atoms with van der Waals surface area (Å²) in [7, 11) is -3.72. The summed E-state index contributed by atoms with van der Waals surface area (Å²) in [6.45, 7) is 0.197. The van der Waals surface area contributed by atoms with Crippen LogP contribution in [0, 0.1) is 0 Å². The average molecular weight is 289 g/mol. The third-order valence-electron chi connectivity index (χ3n) is 2.84. The highest BCUT2D eigenvalue weighted by Gasteiger charge is 2.34. The van der Waals surface area contributed by atoms with Gasteiger partial charge < -0.3 is 0 Å². The summed E-state index contributed by atoms with van der Waals surface area (Å²) in [6.07, 6.45) is 2.48. The Morgan fingerprint density at radius 3 is 2.70 bits per heavy atom. The molecule has 3 rings (SSSR count). The van der Waals surface area contributed by atoms with Crippen molar-refractivity contribution in [1.82, 2.24) is 4.72 Å². The molecule has 1 aromatic rings. The van der Waals surface area contributed by atoms with Crippen LogP contribution in [-0.4, -0.2) is 38.0 Å². The lowest BCUT2D eigenvalue weighted by atomic mass is 10.2. The zero-order valence-electron chi connectivity index (χ0n) is 10.3. The third-order valence-corrected chi connectivity index (χ3v) is 4.25. The third kappa shape index (κ3) is 2.43. The molecule has 0 spiro atoms. The molecule has 1 aromatic carbocycles. The smallest absolute Gasteiger partial charge is 0.255 e. The monoisotopic (exact) mass is 289 g/mol. The van der Waals surface area contributed by atoms with Crippen molar-refractivity contribution >= 4 is 33.6 Å². The van der Waals surface area contributed by atoms with Crippen molar-refractivity contribution in [2.75, 3.05) is 0 Å². The Labute approximate surface area is 116 Å². The van der Waals surface area contributed by atoms with Crippen LogP contribution in [0.15, 0.2) is 50.3 Å². The second-order valence-corrected chi connectivity index (χ2v) is 5.89. The highest BCUT2D eigenvalue weighted by atomic mass is 32.2. The largest absolute Gasteiger partial charge is 0.257 e. The molecule has 0 fully saturated rings. The first-order chi connectivity index (χ1) is 9.67. The van der Waals surface area contributed by atoms with Crippen LogP contribution in [-0.2, 0) is 16.6 Å². The van der Waals surface area contributed by atoms with E-state index in [0.717, 1.165) is 5.56 Å². The van der Waals surface area contributed by atoms with Gasteiger partial charge in [-0.05, 0) is 5.56 Å². The van der Waals surface area contributed by atoms with Crippen LogP contribution >= 0.6 is 0 Å². The van der Waals surface area contributed by atoms with Crippen molar-refractivity contribution in [2.45, 2.75) is 12.6 Å². The number of sulfonamides is 1. The maximum Gasteiger partial charge on any atom is 0.257 e. The second kappa shape index (κ2) is 5.06. The SMILES string of the molecule is O=S(=O)(NCc1ccccc1)C1=NC=NC2=NC=NC21. The van der Waals surface area contributed by atoms with Crippen molar-refractivity contribution in [3.63, 3.8) is 0 Å². The first kappa shape index (κ1) is 12.8. The van der Waals surface area contributed by atoms with Gasteiger partial charge in [-0.3, -0.25) is 4.99 Å². The maximum absolute atomic E-state index is 12.3. The number of amidine groups is 1. The normalized spacial score (nSPS) is 20.5. The van der Waals surface area contributed by atoms with Crippen molar-refractivity contribution in [3.8, 4) is 0 Å². The van der Waals surface area contributed by atoms with Gasteiger partial charge in [0.25, 0.3) is 10.0 Å². The molecule has 2 aliphatic rings. The summed E-state index contributed by atoms with van der Waals surface area (Å²) in [4.78, 5) is 15.6. The first-order valence-electron chi connectivity index (χ1n) is 5.90. The molecule has 1 N–H and O–H groups in total. The molecule has 2 aliphatic heterocycles. The van der Waals surface area contributed by atoms with Gasteiger partial charge in [0.2, 0.25) is 0 Å². The molecule has 8 heteroatoms. The number of aliphatic imine (C=N–C) groups is 4. The van der Waals surface area contributed by atoms with Gasteiger partial charge in [0, 0.05) is 6.54 Å². The minimum absolute atomic E-state index is 0.0732. The Kier molecular flexibility index (Phi) is 3.25. The Bertz CT molecular complexity index is 734. The van der Waals surface area contributed by atoms with Gasteiger partial charge in [0.15, 0.2) is 16.9 Å². The summed E-state index contributed by atoms with van der Waals surface area (Å²) in [5.41, 5.74) is 0.866. The van der Waals surface area contributed by atoms with Gasteiger partial charge in [-0.1, -0.05) is 30.3 Å². The van der Waals surface area contributed by atoms with Gasteiger partial charge in [0.05, 0.1) is 0 Å². The lowest BCUT2D eigenvalue weighted by Gasteiger charge is -2.15. The molecule has 0 radical (unpaired) electrons. The number of rotatable bonds is 3. The Balaban J connectivity index is 1.79. The van der Waals surface area contributed by atoms with E-state index in [1.807, 2.05) is 30.3 Å². The van der Waals surface area contributed by atoms with E-state index in [1.54, 1.807) is 0 Å². The lowest BCUT2D eigenvalue weighted by molar-refractivity contribution is 0.592. The van der Waals surface area contributed by atoms with E-state index in [4.69, 9.17) is 0 Å². The lowest BCUT2D eigenvalue weighted by Crippen LogP contribution is -2.40. The van der Waals surface area contributed by atoms with Crippen LogP contribution in [0.3, 0.4) is 0 Å². The number of nitrogens with zero attached hydrogens (tertiary/aromatic N) is 4. The van der Waals surface area contributed by atoms with Gasteiger partial charge in [0.1, 0.15) is 12.7 Å². The fourth-order valence-corrected chi connectivity index (χ4v) is 3.01. The van der Waals surface area contributed by atoms with E-state index in [-0.39, 0.29) is 11.6 Å². The molecule has 0 saturated carbocycles. The summed E-state index contributed by atoms with van der Waals surface area (Å²) in [6, 6.07) is 8.52. The summed E-state index contributed by atoms with van der Waals surface area (Å²) in [5.74, 6) is 0.347. The minimum Gasteiger partial charge on any atom is -0.255 e. The molecule has 0 aliphatic carbocycles. The van der Waals surface area contributed by atoms with E-state index < -0.39 is 16.1 Å². The Morgan fingerprint density at radius 1 is 1.10 bits per heavy atom. The molecule has 1 unspecified atom stereocenters. The Morgan fingerprint density at radius 2 is 1.90 bits per heavy atom. The minimum atomic E-state index is -3.72. The molecule has 0 saturated heterocycles. The Hall–Kier alpha value is -2.19. The number of hydrogen-bond acceptors (Lipinski definition) is 6. The fraction of sp³-hybridized carbons (Fsp3) is 0.167. The predicted octanol–water partition coefficient (Wildman–Crippen LogP) is 0.355. The van der Waals surface area contributed by atoms with Crippen LogP contribution in [0.25, 0.3) is 0 Å². The number of benzene rings is 1. The van der Waals surface area contributed by atoms with Crippen molar-refractivity contribution < 1.29 is 8.42 Å². The number of nitrogens with one attached hydrogen (secondary N) is 1. The number of hydrogen-bond donors (Lipinski definition) is 1. The van der Waals surface area contributed by atoms with Crippen LogP contribution in [0.2, 0.25) is 0 Å². The maximum atomic E-state index is 12.3. The zero-order chi connectivity index (χ0) is 14.0. The van der Waals surface area contributed by atoms with Crippen LogP contribution in [0.4, 0.5) is 0 Å². The van der Waals surface area contributed by atoms with Crippen molar-refractivity contribution in [3.05, 3.63) is 35.9 Å². The van der Waals surface area contributed by atoms with Crippen molar-refractivity contribution in [1.29, 1.82) is 0 Å². The standard InChI is InChI=1S/C12H11N5O2S/c18-20(19,17-6-9-4-2-1-3-5-9)12-10-11(14-7-13-10)15-8-16-12/h1-5,7-8,10,17H,6H2. The average Bonchev–Trinajstić information content (AvgIpc) is 2.94. The summed E-state index contributed by atoms with van der Waals surface area (Å²) >= 11 is 0. The highest BCUT2D eigenvalue weighted by molar-refractivity contribution is 8.05. The zero-order valence-corrected chi connectivity index (χ0v) is 11.2. The predicted molar refractivity (Wildman–Crippen MR) is 77.8 cm³/mol. The summed E-state index contributed by atoms with van der Waals surface area (Å²) < 4.78 is 27.0. The van der Waals surface area contributed by atoms with E-state index in [9.17, 15) is 8.42 Å². The molecular formula is C12H11N5O2S. The van der Waals surface area contributed by atoms with E-state index in [1.165, 1.54) is 12.7 Å².